The summed E-state index contributed by atoms with van der Waals surface area (Å²) >= 11 is 0. The van der Waals surface area contributed by atoms with Crippen molar-refractivity contribution in [3.8, 4) is 0 Å². The maximum absolute atomic E-state index is 3.73. The predicted octanol–water partition coefficient (Wildman–Crippen LogP) is 4.99. The van der Waals surface area contributed by atoms with Crippen LogP contribution in [-0.2, 0) is 0 Å². The van der Waals surface area contributed by atoms with Gasteiger partial charge in [0.05, 0.1) is 0 Å². The van der Waals surface area contributed by atoms with Gasteiger partial charge in [-0.15, -0.1) is 0 Å². The number of nitrogens with one attached hydrogen (secondary N) is 2. The third-order valence-corrected chi connectivity index (χ3v) is 7.78. The van der Waals surface area contributed by atoms with Gasteiger partial charge in [0, 0.05) is 0 Å². The number of unbranched alkanes of at least 4 members (excludes halogenated alkanes) is 2. The Morgan fingerprint density at radius 2 is 1.62 bits per heavy atom. The van der Waals surface area contributed by atoms with Crippen molar-refractivity contribution < 1.29 is 0 Å². The highest BCUT2D eigenvalue weighted by molar-refractivity contribution is 5.10. The molecule has 0 radical (unpaired) electrons. The minimum absolute atomic E-state index is 0.749. The fourth-order valence-electron chi connectivity index (χ4n) is 6.63. The van der Waals surface area contributed by atoms with E-state index in [0.717, 1.165) is 29.1 Å². The predicted molar refractivity (Wildman–Crippen MR) is 104 cm³/mol. The van der Waals surface area contributed by atoms with Crippen LogP contribution in [0.4, 0.5) is 0 Å². The standard InChI is InChI=1S/C22H42N2/c1-3-5-13-23-15-10-18-7-8-20-21(18)19-9-11-22(20,17-19)12-16-24-14-6-4-2/h18-21,23-24H,3-17H2,1-2H3. The summed E-state index contributed by atoms with van der Waals surface area (Å²) in [7, 11) is 0. The molecule has 0 aromatic carbocycles. The van der Waals surface area contributed by atoms with Gasteiger partial charge in [-0.2, -0.15) is 0 Å². The van der Waals surface area contributed by atoms with E-state index in [2.05, 4.69) is 24.5 Å². The molecule has 2 bridgehead atoms. The van der Waals surface area contributed by atoms with Crippen molar-refractivity contribution in [3.63, 3.8) is 0 Å². The van der Waals surface area contributed by atoms with Crippen molar-refractivity contribution in [1.29, 1.82) is 0 Å². The molecule has 0 amide bonds. The average molecular weight is 335 g/mol. The molecule has 0 aromatic rings. The minimum atomic E-state index is 0.749. The van der Waals surface area contributed by atoms with Crippen molar-refractivity contribution in [2.45, 2.75) is 84.5 Å². The first-order chi connectivity index (χ1) is 11.8. The molecule has 3 fully saturated rings. The van der Waals surface area contributed by atoms with Crippen LogP contribution in [0.3, 0.4) is 0 Å². The summed E-state index contributed by atoms with van der Waals surface area (Å²) in [5, 5.41) is 7.42. The summed E-state index contributed by atoms with van der Waals surface area (Å²) < 4.78 is 0. The molecular formula is C22H42N2. The molecule has 3 aliphatic rings. The number of hydrogen-bond donors (Lipinski definition) is 2. The lowest BCUT2D eigenvalue weighted by Crippen LogP contribution is -2.33. The van der Waals surface area contributed by atoms with Crippen LogP contribution in [-0.4, -0.2) is 26.2 Å². The van der Waals surface area contributed by atoms with E-state index in [1.54, 1.807) is 25.7 Å². The van der Waals surface area contributed by atoms with Crippen LogP contribution in [0.5, 0.6) is 0 Å². The quantitative estimate of drug-likeness (QED) is 0.491. The van der Waals surface area contributed by atoms with Gasteiger partial charge in [0.2, 0.25) is 0 Å². The van der Waals surface area contributed by atoms with Crippen LogP contribution >= 0.6 is 0 Å². The maximum Gasteiger partial charge on any atom is -0.00435 e. The second kappa shape index (κ2) is 9.03. The highest BCUT2D eigenvalue weighted by Gasteiger charge is 2.60. The lowest BCUT2D eigenvalue weighted by atomic mass is 9.68. The Labute approximate surface area is 150 Å². The fourth-order valence-corrected chi connectivity index (χ4v) is 6.63. The maximum atomic E-state index is 3.73. The molecule has 140 valence electrons. The molecule has 2 nitrogen and oxygen atoms in total. The SMILES string of the molecule is CCCCNCCC1CCC2C1C1CCC2(CCNCCCC)C1. The molecule has 0 saturated heterocycles. The van der Waals surface area contributed by atoms with E-state index in [1.165, 1.54) is 71.1 Å². The third kappa shape index (κ3) is 4.01. The molecule has 3 rings (SSSR count). The van der Waals surface area contributed by atoms with E-state index in [0.29, 0.717) is 0 Å². The van der Waals surface area contributed by atoms with E-state index in [4.69, 9.17) is 0 Å². The van der Waals surface area contributed by atoms with E-state index in [9.17, 15) is 0 Å². The van der Waals surface area contributed by atoms with E-state index >= 15 is 0 Å². The molecule has 0 heterocycles. The Hall–Kier alpha value is -0.0800. The van der Waals surface area contributed by atoms with Crippen molar-refractivity contribution >= 4 is 0 Å². The van der Waals surface area contributed by atoms with Gasteiger partial charge < -0.3 is 10.6 Å². The molecular weight excluding hydrogens is 292 g/mol. The number of hydrogen-bond acceptors (Lipinski definition) is 2. The Balaban J connectivity index is 1.44. The molecule has 24 heavy (non-hydrogen) atoms. The summed E-state index contributed by atoms with van der Waals surface area (Å²) in [6.45, 7) is 9.59. The first-order valence-corrected chi connectivity index (χ1v) is 11.2. The van der Waals surface area contributed by atoms with Crippen LogP contribution in [0.2, 0.25) is 0 Å². The molecule has 2 N–H and O–H groups in total. The van der Waals surface area contributed by atoms with E-state index in [1.807, 2.05) is 0 Å². The molecule has 5 atom stereocenters. The highest BCUT2D eigenvalue weighted by Crippen LogP contribution is 2.68. The summed E-state index contributed by atoms with van der Waals surface area (Å²) in [4.78, 5) is 0. The zero-order chi connectivity index (χ0) is 16.8. The van der Waals surface area contributed by atoms with Crippen molar-refractivity contribution in [2.24, 2.45) is 29.1 Å². The zero-order valence-electron chi connectivity index (χ0n) is 16.4. The van der Waals surface area contributed by atoms with Crippen molar-refractivity contribution in [2.75, 3.05) is 26.2 Å². The summed E-state index contributed by atoms with van der Waals surface area (Å²) in [6, 6.07) is 0. The highest BCUT2D eigenvalue weighted by atomic mass is 14.9. The molecule has 3 aliphatic carbocycles. The first kappa shape index (κ1) is 18.7. The number of rotatable bonds is 12. The van der Waals surface area contributed by atoms with E-state index in [-0.39, 0.29) is 0 Å². The first-order valence-electron chi connectivity index (χ1n) is 11.2. The smallest absolute Gasteiger partial charge is 0.00435 e. The van der Waals surface area contributed by atoms with Gasteiger partial charge in [-0.1, -0.05) is 26.7 Å². The van der Waals surface area contributed by atoms with E-state index < -0.39 is 0 Å². The van der Waals surface area contributed by atoms with Crippen LogP contribution < -0.4 is 10.6 Å². The van der Waals surface area contributed by atoms with Gasteiger partial charge in [0.25, 0.3) is 0 Å². The van der Waals surface area contributed by atoms with Crippen molar-refractivity contribution in [3.05, 3.63) is 0 Å². The molecule has 0 aliphatic heterocycles. The van der Waals surface area contributed by atoms with Gasteiger partial charge >= 0.3 is 0 Å². The molecule has 5 unspecified atom stereocenters. The monoisotopic (exact) mass is 334 g/mol. The topological polar surface area (TPSA) is 24.1 Å². The summed E-state index contributed by atoms with van der Waals surface area (Å²) in [5.74, 6) is 4.32. The van der Waals surface area contributed by atoms with Gasteiger partial charge in [-0.05, 0) is 113 Å². The number of fused-ring (bicyclic) bond motifs is 5. The third-order valence-electron chi connectivity index (χ3n) is 7.78. The van der Waals surface area contributed by atoms with Crippen LogP contribution in [0.15, 0.2) is 0 Å². The Morgan fingerprint density at radius 1 is 0.875 bits per heavy atom. The lowest BCUT2D eigenvalue weighted by Gasteiger charge is -2.37. The molecule has 0 spiro atoms. The van der Waals surface area contributed by atoms with Crippen molar-refractivity contribution in [1.82, 2.24) is 10.6 Å². The van der Waals surface area contributed by atoms with Gasteiger partial charge in [-0.25, -0.2) is 0 Å². The normalized spacial score (nSPS) is 37.2. The van der Waals surface area contributed by atoms with Crippen LogP contribution in [0, 0.1) is 29.1 Å². The molecule has 2 heteroatoms. The Bertz CT molecular complexity index is 369. The molecule has 3 saturated carbocycles. The zero-order valence-corrected chi connectivity index (χ0v) is 16.4. The summed E-state index contributed by atoms with van der Waals surface area (Å²) in [5.41, 5.74) is 0.749. The van der Waals surface area contributed by atoms with Gasteiger partial charge in [0.15, 0.2) is 0 Å². The fraction of sp³-hybridized carbons (Fsp3) is 1.00. The van der Waals surface area contributed by atoms with Crippen LogP contribution in [0.25, 0.3) is 0 Å². The van der Waals surface area contributed by atoms with Crippen LogP contribution in [0.1, 0.15) is 84.5 Å². The Morgan fingerprint density at radius 3 is 2.38 bits per heavy atom. The lowest BCUT2D eigenvalue weighted by molar-refractivity contribution is 0.123. The van der Waals surface area contributed by atoms with Gasteiger partial charge in [-0.3, -0.25) is 0 Å². The average Bonchev–Trinajstić information content (AvgIpc) is 3.26. The second-order valence-corrected chi connectivity index (χ2v) is 9.13. The Kier molecular flexibility index (Phi) is 7.04. The largest absolute Gasteiger partial charge is 0.317 e. The second-order valence-electron chi connectivity index (χ2n) is 9.13. The van der Waals surface area contributed by atoms with Gasteiger partial charge in [0.1, 0.15) is 0 Å². The molecule has 0 aromatic heterocycles. The summed E-state index contributed by atoms with van der Waals surface area (Å²) in [6.07, 6.45) is 16.0. The minimum Gasteiger partial charge on any atom is -0.317 e.